The number of carbonyl (C=O) groups excluding carboxylic acids is 1. The molecule has 0 aliphatic carbocycles. The van der Waals surface area contributed by atoms with Gasteiger partial charge in [-0.15, -0.1) is 0 Å². The largest absolute Gasteiger partial charge is 0.339 e. The van der Waals surface area contributed by atoms with Crippen molar-refractivity contribution < 1.29 is 13.2 Å². The minimum atomic E-state index is -3.29. The van der Waals surface area contributed by atoms with Crippen LogP contribution in [0.3, 0.4) is 0 Å². The van der Waals surface area contributed by atoms with Gasteiger partial charge in [-0.1, -0.05) is 12.5 Å². The van der Waals surface area contributed by atoms with Crippen LogP contribution in [-0.2, 0) is 9.84 Å². The average Bonchev–Trinajstić information content (AvgIpc) is 2.61. The molecule has 0 saturated carbocycles. The highest BCUT2D eigenvalue weighted by Crippen LogP contribution is 2.22. The molecule has 2 aliphatic heterocycles. The number of rotatable bonds is 3. The van der Waals surface area contributed by atoms with Gasteiger partial charge in [-0.05, 0) is 57.0 Å². The Morgan fingerprint density at radius 2 is 1.71 bits per heavy atom. The molecule has 0 unspecified atom stereocenters. The summed E-state index contributed by atoms with van der Waals surface area (Å²) in [7, 11) is -3.29. The predicted octanol–water partition coefficient (Wildman–Crippen LogP) is 2.18. The van der Waals surface area contributed by atoms with Gasteiger partial charge in [0.25, 0.3) is 5.91 Å². The SMILES string of the molecule is CS(=O)(=O)c1cccc(C(=O)N2CCC(N3CCCCC3)CC2)c1. The quantitative estimate of drug-likeness (QED) is 0.838. The Hall–Kier alpha value is -1.40. The number of nitrogens with zero attached hydrogens (tertiary/aromatic N) is 2. The van der Waals surface area contributed by atoms with Crippen LogP contribution in [0.5, 0.6) is 0 Å². The van der Waals surface area contributed by atoms with Crippen LogP contribution in [-0.4, -0.2) is 62.6 Å². The van der Waals surface area contributed by atoms with Gasteiger partial charge in [-0.3, -0.25) is 4.79 Å². The number of benzene rings is 1. The fourth-order valence-electron chi connectivity index (χ4n) is 3.76. The molecule has 2 saturated heterocycles. The Morgan fingerprint density at radius 1 is 1.04 bits per heavy atom. The van der Waals surface area contributed by atoms with Gasteiger partial charge in [0.05, 0.1) is 4.90 Å². The summed E-state index contributed by atoms with van der Waals surface area (Å²) >= 11 is 0. The monoisotopic (exact) mass is 350 g/mol. The molecule has 1 amide bonds. The summed E-state index contributed by atoms with van der Waals surface area (Å²) in [5.74, 6) is -0.0578. The van der Waals surface area contributed by atoms with Gasteiger partial charge in [0.1, 0.15) is 0 Å². The summed E-state index contributed by atoms with van der Waals surface area (Å²) < 4.78 is 23.3. The number of piperidine rings is 2. The molecule has 2 fully saturated rings. The fourth-order valence-corrected chi connectivity index (χ4v) is 4.43. The van der Waals surface area contributed by atoms with E-state index in [1.807, 2.05) is 4.90 Å². The third kappa shape index (κ3) is 3.98. The first-order valence-electron chi connectivity index (χ1n) is 8.78. The lowest BCUT2D eigenvalue weighted by atomic mass is 9.99. The molecule has 1 aromatic rings. The molecule has 0 aromatic heterocycles. The van der Waals surface area contributed by atoms with Crippen molar-refractivity contribution in [3.05, 3.63) is 29.8 Å². The summed E-state index contributed by atoms with van der Waals surface area (Å²) in [6.45, 7) is 3.89. The number of hydrogen-bond acceptors (Lipinski definition) is 4. The van der Waals surface area contributed by atoms with Crippen LogP contribution in [0.4, 0.5) is 0 Å². The molecule has 2 aliphatic rings. The number of likely N-dealkylation sites (tertiary alicyclic amines) is 2. The molecule has 1 aromatic carbocycles. The van der Waals surface area contributed by atoms with Crippen LogP contribution in [0.25, 0.3) is 0 Å². The van der Waals surface area contributed by atoms with Crippen molar-refractivity contribution in [3.63, 3.8) is 0 Å². The zero-order valence-electron chi connectivity index (χ0n) is 14.3. The summed E-state index contributed by atoms with van der Waals surface area (Å²) in [5.41, 5.74) is 0.467. The van der Waals surface area contributed by atoms with E-state index in [1.54, 1.807) is 12.1 Å². The normalized spacial score (nSPS) is 21.0. The maximum absolute atomic E-state index is 12.7. The first-order chi connectivity index (χ1) is 11.4. The first kappa shape index (κ1) is 17.4. The summed E-state index contributed by atoms with van der Waals surface area (Å²) in [4.78, 5) is 17.3. The van der Waals surface area contributed by atoms with Gasteiger partial charge in [0, 0.05) is 31.0 Å². The smallest absolute Gasteiger partial charge is 0.253 e. The van der Waals surface area contributed by atoms with E-state index in [0.717, 1.165) is 25.9 Å². The van der Waals surface area contributed by atoms with E-state index in [2.05, 4.69) is 4.90 Å². The Balaban J connectivity index is 1.63. The first-order valence-corrected chi connectivity index (χ1v) is 10.7. The van der Waals surface area contributed by atoms with Crippen molar-refractivity contribution in [3.8, 4) is 0 Å². The van der Waals surface area contributed by atoms with Crippen LogP contribution in [0.15, 0.2) is 29.2 Å². The third-order valence-corrected chi connectivity index (χ3v) is 6.28. The van der Waals surface area contributed by atoms with E-state index in [-0.39, 0.29) is 10.8 Å². The molecule has 0 atom stereocenters. The molecular formula is C18H26N2O3S. The van der Waals surface area contributed by atoms with Crippen molar-refractivity contribution in [2.45, 2.75) is 43.0 Å². The molecule has 0 radical (unpaired) electrons. The number of carbonyl (C=O) groups is 1. The highest BCUT2D eigenvalue weighted by molar-refractivity contribution is 7.90. The van der Waals surface area contributed by atoms with E-state index in [1.165, 1.54) is 50.7 Å². The lowest BCUT2D eigenvalue weighted by molar-refractivity contribution is 0.0589. The van der Waals surface area contributed by atoms with Crippen molar-refractivity contribution in [2.24, 2.45) is 0 Å². The van der Waals surface area contributed by atoms with Crippen molar-refractivity contribution in [2.75, 3.05) is 32.4 Å². The van der Waals surface area contributed by atoms with Gasteiger partial charge in [0.2, 0.25) is 0 Å². The molecule has 3 rings (SSSR count). The second kappa shape index (κ2) is 7.23. The van der Waals surface area contributed by atoms with Gasteiger partial charge in [-0.2, -0.15) is 0 Å². The minimum absolute atomic E-state index is 0.0578. The summed E-state index contributed by atoms with van der Waals surface area (Å²) in [6.07, 6.45) is 7.11. The highest BCUT2D eigenvalue weighted by Gasteiger charge is 2.28. The fraction of sp³-hybridized carbons (Fsp3) is 0.611. The van der Waals surface area contributed by atoms with Crippen LogP contribution < -0.4 is 0 Å². The second-order valence-corrected chi connectivity index (χ2v) is 8.94. The Kier molecular flexibility index (Phi) is 5.25. The van der Waals surface area contributed by atoms with Crippen molar-refractivity contribution >= 4 is 15.7 Å². The van der Waals surface area contributed by atoms with Crippen LogP contribution in [0.2, 0.25) is 0 Å². The van der Waals surface area contributed by atoms with E-state index in [9.17, 15) is 13.2 Å². The van der Waals surface area contributed by atoms with Crippen LogP contribution in [0.1, 0.15) is 42.5 Å². The lowest BCUT2D eigenvalue weighted by Gasteiger charge is -2.40. The molecule has 6 heteroatoms. The second-order valence-electron chi connectivity index (χ2n) is 6.92. The van der Waals surface area contributed by atoms with Crippen molar-refractivity contribution in [1.29, 1.82) is 0 Å². The maximum Gasteiger partial charge on any atom is 0.253 e. The van der Waals surface area contributed by atoms with Gasteiger partial charge < -0.3 is 9.80 Å². The topological polar surface area (TPSA) is 57.7 Å². The van der Waals surface area contributed by atoms with Gasteiger partial charge in [0.15, 0.2) is 9.84 Å². The van der Waals surface area contributed by atoms with Gasteiger partial charge in [-0.25, -0.2) is 8.42 Å². The molecule has 24 heavy (non-hydrogen) atoms. The van der Waals surface area contributed by atoms with Crippen LogP contribution >= 0.6 is 0 Å². The number of amides is 1. The van der Waals surface area contributed by atoms with E-state index >= 15 is 0 Å². The minimum Gasteiger partial charge on any atom is -0.339 e. The van der Waals surface area contributed by atoms with Crippen LogP contribution in [0, 0.1) is 0 Å². The molecular weight excluding hydrogens is 324 g/mol. The Morgan fingerprint density at radius 3 is 2.33 bits per heavy atom. The zero-order chi connectivity index (χ0) is 17.2. The molecule has 2 heterocycles. The lowest BCUT2D eigenvalue weighted by Crippen LogP contribution is -2.48. The zero-order valence-corrected chi connectivity index (χ0v) is 15.1. The molecule has 0 N–H and O–H groups in total. The predicted molar refractivity (Wildman–Crippen MR) is 93.9 cm³/mol. The molecule has 132 valence electrons. The Labute approximate surface area is 144 Å². The average molecular weight is 350 g/mol. The molecule has 0 spiro atoms. The van der Waals surface area contributed by atoms with E-state index in [4.69, 9.17) is 0 Å². The van der Waals surface area contributed by atoms with E-state index in [0.29, 0.717) is 11.6 Å². The molecule has 5 nitrogen and oxygen atoms in total. The van der Waals surface area contributed by atoms with Crippen molar-refractivity contribution in [1.82, 2.24) is 9.80 Å². The number of hydrogen-bond donors (Lipinski definition) is 0. The summed E-state index contributed by atoms with van der Waals surface area (Å²) in [6, 6.07) is 6.97. The van der Waals surface area contributed by atoms with E-state index < -0.39 is 9.84 Å². The Bertz CT molecular complexity index is 688. The highest BCUT2D eigenvalue weighted by atomic mass is 32.2. The number of sulfone groups is 1. The molecule has 0 bridgehead atoms. The summed E-state index contributed by atoms with van der Waals surface area (Å²) in [5, 5.41) is 0. The maximum atomic E-state index is 12.7. The standard InChI is InChI=1S/C18H26N2O3S/c1-24(22,23)17-7-5-6-15(14-17)18(21)20-12-8-16(9-13-20)19-10-3-2-4-11-19/h5-7,14,16H,2-4,8-13H2,1H3. The third-order valence-electron chi connectivity index (χ3n) is 5.17. The van der Waals surface area contributed by atoms with Gasteiger partial charge >= 0.3 is 0 Å².